The van der Waals surface area contributed by atoms with Crippen LogP contribution in [-0.2, 0) is 4.79 Å². The highest BCUT2D eigenvalue weighted by molar-refractivity contribution is 9.10. The molecule has 0 aliphatic heterocycles. The van der Waals surface area contributed by atoms with Crippen LogP contribution in [-0.4, -0.2) is 36.3 Å². The summed E-state index contributed by atoms with van der Waals surface area (Å²) in [5, 5.41) is 12.2. The zero-order chi connectivity index (χ0) is 13.5. The van der Waals surface area contributed by atoms with Crippen LogP contribution in [0.3, 0.4) is 0 Å². The number of aliphatic hydroxyl groups excluding tert-OH is 1. The van der Waals surface area contributed by atoms with Crippen molar-refractivity contribution in [1.82, 2.24) is 5.32 Å². The van der Waals surface area contributed by atoms with Crippen LogP contribution in [0.4, 0.5) is 0 Å². The van der Waals surface area contributed by atoms with Crippen LogP contribution in [0.15, 0.2) is 28.7 Å². The van der Waals surface area contributed by atoms with Crippen LogP contribution < -0.4 is 15.8 Å². The minimum atomic E-state index is -0.778. The fourth-order valence-corrected chi connectivity index (χ4v) is 1.59. The van der Waals surface area contributed by atoms with Crippen molar-refractivity contribution in [2.45, 2.75) is 19.1 Å². The van der Waals surface area contributed by atoms with Crippen molar-refractivity contribution in [3.8, 4) is 5.75 Å². The SMILES string of the molecule is C[C@H](N)C(=O)NCC(O)COc1ccccc1Br. The van der Waals surface area contributed by atoms with Crippen LogP contribution in [0.5, 0.6) is 5.75 Å². The predicted octanol–water partition coefficient (Wildman–Crippen LogP) is 0.652. The van der Waals surface area contributed by atoms with Gasteiger partial charge in [-0.3, -0.25) is 4.79 Å². The summed E-state index contributed by atoms with van der Waals surface area (Å²) in [6.45, 7) is 1.80. The Morgan fingerprint density at radius 2 is 2.22 bits per heavy atom. The third-order valence-corrected chi connectivity index (χ3v) is 2.85. The summed E-state index contributed by atoms with van der Waals surface area (Å²) < 4.78 is 6.23. The molecule has 5 nitrogen and oxygen atoms in total. The smallest absolute Gasteiger partial charge is 0.236 e. The summed E-state index contributed by atoms with van der Waals surface area (Å²) in [6.07, 6.45) is -0.778. The largest absolute Gasteiger partial charge is 0.490 e. The maximum Gasteiger partial charge on any atom is 0.236 e. The molecule has 1 amide bonds. The third kappa shape index (κ3) is 5.03. The number of aliphatic hydroxyl groups is 1. The topological polar surface area (TPSA) is 84.6 Å². The first-order chi connectivity index (χ1) is 8.50. The van der Waals surface area contributed by atoms with E-state index in [1.807, 2.05) is 18.2 Å². The van der Waals surface area contributed by atoms with Gasteiger partial charge in [-0.1, -0.05) is 12.1 Å². The normalized spacial score (nSPS) is 13.8. The molecule has 0 bridgehead atoms. The van der Waals surface area contributed by atoms with Gasteiger partial charge < -0.3 is 20.9 Å². The van der Waals surface area contributed by atoms with E-state index in [4.69, 9.17) is 10.5 Å². The Kier molecular flexibility index (Phi) is 6.11. The third-order valence-electron chi connectivity index (χ3n) is 2.19. The standard InChI is InChI=1S/C12H17BrN2O3/c1-8(14)12(17)15-6-9(16)7-18-11-5-3-2-4-10(11)13/h2-5,8-9,16H,6-7,14H2,1H3,(H,15,17)/t8-,9?/m0/s1. The predicted molar refractivity (Wildman–Crippen MR) is 72.3 cm³/mol. The van der Waals surface area contributed by atoms with Crippen LogP contribution >= 0.6 is 15.9 Å². The summed E-state index contributed by atoms with van der Waals surface area (Å²) in [5.41, 5.74) is 5.38. The molecule has 1 aromatic rings. The lowest BCUT2D eigenvalue weighted by molar-refractivity contribution is -0.122. The van der Waals surface area contributed by atoms with E-state index in [-0.39, 0.29) is 19.1 Å². The molecule has 0 aliphatic rings. The average molecular weight is 317 g/mol. The van der Waals surface area contributed by atoms with E-state index in [2.05, 4.69) is 21.2 Å². The van der Waals surface area contributed by atoms with Crippen LogP contribution in [0, 0.1) is 0 Å². The zero-order valence-corrected chi connectivity index (χ0v) is 11.7. The van der Waals surface area contributed by atoms with Crippen LogP contribution in [0.25, 0.3) is 0 Å². The summed E-state index contributed by atoms with van der Waals surface area (Å²) in [5.74, 6) is 0.352. The number of amides is 1. The number of nitrogens with two attached hydrogens (primary N) is 1. The van der Waals surface area contributed by atoms with Crippen molar-refractivity contribution >= 4 is 21.8 Å². The highest BCUT2D eigenvalue weighted by Crippen LogP contribution is 2.23. The number of hydrogen-bond donors (Lipinski definition) is 3. The molecule has 0 radical (unpaired) electrons. The molecule has 1 aromatic carbocycles. The molecule has 6 heteroatoms. The van der Waals surface area contributed by atoms with Gasteiger partial charge in [0.1, 0.15) is 18.5 Å². The number of nitrogens with one attached hydrogen (secondary N) is 1. The van der Waals surface area contributed by atoms with E-state index in [9.17, 15) is 9.90 Å². The van der Waals surface area contributed by atoms with Gasteiger partial charge in [-0.2, -0.15) is 0 Å². The Hall–Kier alpha value is -1.11. The monoisotopic (exact) mass is 316 g/mol. The summed E-state index contributed by atoms with van der Waals surface area (Å²) >= 11 is 3.33. The lowest BCUT2D eigenvalue weighted by Crippen LogP contribution is -2.42. The molecular formula is C12H17BrN2O3. The summed E-state index contributed by atoms with van der Waals surface area (Å²) in [7, 11) is 0. The molecule has 4 N–H and O–H groups in total. The van der Waals surface area contributed by atoms with Crippen molar-refractivity contribution in [3.63, 3.8) is 0 Å². The number of carbonyl (C=O) groups excluding carboxylic acids is 1. The molecule has 0 aliphatic carbocycles. The Balaban J connectivity index is 2.31. The zero-order valence-electron chi connectivity index (χ0n) is 10.1. The fourth-order valence-electron chi connectivity index (χ4n) is 1.19. The van der Waals surface area contributed by atoms with Crippen molar-refractivity contribution < 1.29 is 14.6 Å². The van der Waals surface area contributed by atoms with Crippen molar-refractivity contribution in [1.29, 1.82) is 0 Å². The molecule has 0 fully saturated rings. The van der Waals surface area contributed by atoms with E-state index in [1.54, 1.807) is 13.0 Å². The molecule has 1 rings (SSSR count). The second-order valence-corrected chi connectivity index (χ2v) is 4.78. The van der Waals surface area contributed by atoms with Crippen molar-refractivity contribution in [2.75, 3.05) is 13.2 Å². The number of rotatable bonds is 6. The first-order valence-electron chi connectivity index (χ1n) is 5.59. The van der Waals surface area contributed by atoms with E-state index in [0.29, 0.717) is 5.75 Å². The molecule has 0 spiro atoms. The minimum absolute atomic E-state index is 0.0991. The molecule has 1 unspecified atom stereocenters. The lowest BCUT2D eigenvalue weighted by Gasteiger charge is -2.14. The van der Waals surface area contributed by atoms with Crippen LogP contribution in [0.2, 0.25) is 0 Å². The Bertz CT molecular complexity index is 399. The van der Waals surface area contributed by atoms with Gasteiger partial charge in [0.25, 0.3) is 0 Å². The van der Waals surface area contributed by atoms with Crippen LogP contribution in [0.1, 0.15) is 6.92 Å². The van der Waals surface area contributed by atoms with Gasteiger partial charge in [-0.25, -0.2) is 0 Å². The highest BCUT2D eigenvalue weighted by Gasteiger charge is 2.11. The van der Waals surface area contributed by atoms with Gasteiger partial charge in [0.15, 0.2) is 0 Å². The maximum absolute atomic E-state index is 11.2. The molecule has 0 saturated carbocycles. The quantitative estimate of drug-likeness (QED) is 0.719. The fraction of sp³-hybridized carbons (Fsp3) is 0.417. The van der Waals surface area contributed by atoms with Gasteiger partial charge in [0, 0.05) is 6.54 Å². The first kappa shape index (κ1) is 14.9. The Morgan fingerprint density at radius 3 is 2.83 bits per heavy atom. The van der Waals surface area contributed by atoms with Gasteiger partial charge in [-0.05, 0) is 35.0 Å². The van der Waals surface area contributed by atoms with E-state index in [1.165, 1.54) is 0 Å². The van der Waals surface area contributed by atoms with Crippen molar-refractivity contribution in [3.05, 3.63) is 28.7 Å². The number of halogens is 1. The summed E-state index contributed by atoms with van der Waals surface area (Å²) in [6, 6.07) is 6.76. The van der Waals surface area contributed by atoms with Gasteiger partial charge in [-0.15, -0.1) is 0 Å². The molecule has 0 heterocycles. The van der Waals surface area contributed by atoms with E-state index < -0.39 is 12.1 Å². The molecular weight excluding hydrogens is 300 g/mol. The Labute approximate surface area is 114 Å². The number of hydrogen-bond acceptors (Lipinski definition) is 4. The molecule has 0 saturated heterocycles. The maximum atomic E-state index is 11.2. The number of benzene rings is 1. The number of ether oxygens (including phenoxy) is 1. The summed E-state index contributed by atoms with van der Waals surface area (Å²) in [4.78, 5) is 11.2. The van der Waals surface area contributed by atoms with Gasteiger partial charge in [0.05, 0.1) is 10.5 Å². The average Bonchev–Trinajstić information content (AvgIpc) is 2.34. The number of carbonyl (C=O) groups is 1. The highest BCUT2D eigenvalue weighted by atomic mass is 79.9. The minimum Gasteiger partial charge on any atom is -0.490 e. The molecule has 18 heavy (non-hydrogen) atoms. The van der Waals surface area contributed by atoms with E-state index >= 15 is 0 Å². The van der Waals surface area contributed by atoms with Gasteiger partial charge >= 0.3 is 0 Å². The second kappa shape index (κ2) is 7.35. The number of para-hydroxylation sites is 1. The lowest BCUT2D eigenvalue weighted by atomic mass is 10.3. The second-order valence-electron chi connectivity index (χ2n) is 3.93. The molecule has 2 atom stereocenters. The van der Waals surface area contributed by atoms with Crippen molar-refractivity contribution in [2.24, 2.45) is 5.73 Å². The molecule has 0 aromatic heterocycles. The first-order valence-corrected chi connectivity index (χ1v) is 6.38. The molecule has 100 valence electrons. The Morgan fingerprint density at radius 1 is 1.56 bits per heavy atom. The van der Waals surface area contributed by atoms with E-state index in [0.717, 1.165) is 4.47 Å². The van der Waals surface area contributed by atoms with Gasteiger partial charge in [0.2, 0.25) is 5.91 Å².